The monoisotopic (exact) mass is 447 g/mol. The normalized spacial score (nSPS) is 17.4. The van der Waals surface area contributed by atoms with Crippen LogP contribution in [-0.4, -0.2) is 38.5 Å². The summed E-state index contributed by atoms with van der Waals surface area (Å²) in [6.07, 6.45) is 2.32. The molecule has 0 atom stereocenters. The molecule has 0 bridgehead atoms. The Labute approximate surface area is 193 Å². The molecule has 3 N–H and O–H groups in total. The van der Waals surface area contributed by atoms with Gasteiger partial charge in [-0.1, -0.05) is 36.4 Å². The number of nitrogens with one attached hydrogen (secondary N) is 1. The number of fused-ring (bicyclic) bond motifs is 1. The third-order valence-corrected chi connectivity index (χ3v) is 7.34. The molecule has 5 rings (SSSR count). The second-order valence-electron chi connectivity index (χ2n) is 8.71. The van der Waals surface area contributed by atoms with Crippen molar-refractivity contribution in [2.75, 3.05) is 18.4 Å². The van der Waals surface area contributed by atoms with Gasteiger partial charge in [0.1, 0.15) is 11.5 Å². The van der Waals surface area contributed by atoms with E-state index in [0.29, 0.717) is 6.04 Å². The van der Waals surface area contributed by atoms with Crippen LogP contribution in [0, 0.1) is 0 Å². The van der Waals surface area contributed by atoms with Gasteiger partial charge in [-0.2, -0.15) is 0 Å². The van der Waals surface area contributed by atoms with E-state index in [4.69, 9.17) is 0 Å². The van der Waals surface area contributed by atoms with Gasteiger partial charge in [0.2, 0.25) is 0 Å². The lowest BCUT2D eigenvalue weighted by Crippen LogP contribution is -2.38. The topological polar surface area (TPSA) is 59.0 Å². The number of aromatic hydroxyl groups is 2. The number of rotatable bonds is 6. The Morgan fingerprint density at radius 2 is 1.66 bits per heavy atom. The smallest absolute Gasteiger partial charge is 0.134 e. The van der Waals surface area contributed by atoms with Crippen LogP contribution < -0.4 is 5.32 Å². The fourth-order valence-electron chi connectivity index (χ4n) is 4.55. The Balaban J connectivity index is 1.14. The highest BCUT2D eigenvalue weighted by Gasteiger charge is 2.23. The zero-order valence-electron chi connectivity index (χ0n) is 18.1. The summed E-state index contributed by atoms with van der Waals surface area (Å²) in [5.74, 6) is 0.199. The van der Waals surface area contributed by atoms with Crippen LogP contribution >= 0.6 is 11.9 Å². The summed E-state index contributed by atoms with van der Waals surface area (Å²) >= 11 is 1.53. The number of benzene rings is 3. The first-order chi connectivity index (χ1) is 15.6. The van der Waals surface area contributed by atoms with Gasteiger partial charge in [0.15, 0.2) is 0 Å². The maximum Gasteiger partial charge on any atom is 0.134 e. The molecule has 6 heteroatoms. The average Bonchev–Trinajstić information content (AvgIpc) is 3.19. The first-order valence-electron chi connectivity index (χ1n) is 11.2. The molecule has 0 aliphatic carbocycles. The SMILES string of the molecule is Oc1ccc(SN2Cc3ccc(NC4CCN(Cc5ccccc5)CC4)cc3C2)c(O)c1. The largest absolute Gasteiger partial charge is 0.508 e. The lowest BCUT2D eigenvalue weighted by Gasteiger charge is -2.33. The van der Waals surface area contributed by atoms with E-state index in [0.717, 1.165) is 50.5 Å². The van der Waals surface area contributed by atoms with E-state index in [2.05, 4.69) is 63.1 Å². The van der Waals surface area contributed by atoms with Gasteiger partial charge in [-0.05, 0) is 65.7 Å². The van der Waals surface area contributed by atoms with E-state index in [1.807, 2.05) is 0 Å². The lowest BCUT2D eigenvalue weighted by molar-refractivity contribution is 0.211. The molecule has 5 nitrogen and oxygen atoms in total. The maximum absolute atomic E-state index is 10.1. The molecular formula is C26H29N3O2S. The molecule has 0 amide bonds. The van der Waals surface area contributed by atoms with Crippen LogP contribution in [-0.2, 0) is 19.6 Å². The first-order valence-corrected chi connectivity index (χ1v) is 12.0. The fourth-order valence-corrected chi connectivity index (χ4v) is 5.52. The summed E-state index contributed by atoms with van der Waals surface area (Å²) < 4.78 is 2.24. The number of hydrogen-bond acceptors (Lipinski definition) is 6. The summed E-state index contributed by atoms with van der Waals surface area (Å²) in [7, 11) is 0. The number of hydrogen-bond donors (Lipinski definition) is 3. The van der Waals surface area contributed by atoms with E-state index >= 15 is 0 Å². The standard InChI is InChI=1S/C26H29N3O2S/c30-24-8-9-26(25(31)15-24)32-29-17-20-6-7-23(14-21(20)18-29)27-22-10-12-28(13-11-22)16-19-4-2-1-3-5-19/h1-9,14-15,22,27,30-31H,10-13,16-18H2. The van der Waals surface area contributed by atoms with Crippen LogP contribution in [0.5, 0.6) is 11.5 Å². The zero-order valence-corrected chi connectivity index (χ0v) is 18.9. The van der Waals surface area contributed by atoms with Gasteiger partial charge >= 0.3 is 0 Å². The van der Waals surface area contributed by atoms with Crippen molar-refractivity contribution >= 4 is 17.6 Å². The molecule has 3 aromatic rings. The fraction of sp³-hybridized carbons (Fsp3) is 0.308. The van der Waals surface area contributed by atoms with Crippen molar-refractivity contribution in [3.8, 4) is 11.5 Å². The Hall–Kier alpha value is -2.67. The summed E-state index contributed by atoms with van der Waals surface area (Å²) in [6, 6.07) is 22.7. The van der Waals surface area contributed by atoms with E-state index in [1.165, 1.54) is 40.4 Å². The molecule has 2 aliphatic rings. The third-order valence-electron chi connectivity index (χ3n) is 6.28. The van der Waals surface area contributed by atoms with Gasteiger partial charge in [0.05, 0.1) is 4.90 Å². The molecule has 166 valence electrons. The maximum atomic E-state index is 10.1. The van der Waals surface area contributed by atoms with Crippen LogP contribution in [0.2, 0.25) is 0 Å². The number of phenols is 2. The molecule has 0 radical (unpaired) electrons. The molecule has 2 aliphatic heterocycles. The van der Waals surface area contributed by atoms with Gasteiger partial charge in [-0.15, -0.1) is 0 Å². The summed E-state index contributed by atoms with van der Waals surface area (Å²) in [4.78, 5) is 3.31. The Morgan fingerprint density at radius 3 is 2.44 bits per heavy atom. The highest BCUT2D eigenvalue weighted by Crippen LogP contribution is 2.38. The van der Waals surface area contributed by atoms with Gasteiger partial charge in [0, 0.05) is 50.5 Å². The van der Waals surface area contributed by atoms with Crippen molar-refractivity contribution in [2.45, 2.75) is 43.4 Å². The summed E-state index contributed by atoms with van der Waals surface area (Å²) in [5.41, 5.74) is 5.26. The van der Waals surface area contributed by atoms with Crippen molar-refractivity contribution in [2.24, 2.45) is 0 Å². The molecule has 0 spiro atoms. The van der Waals surface area contributed by atoms with Crippen molar-refractivity contribution in [3.63, 3.8) is 0 Å². The Morgan fingerprint density at radius 1 is 0.875 bits per heavy atom. The van der Waals surface area contributed by atoms with E-state index in [9.17, 15) is 10.2 Å². The molecule has 2 heterocycles. The second-order valence-corrected chi connectivity index (χ2v) is 9.84. The van der Waals surface area contributed by atoms with E-state index in [-0.39, 0.29) is 11.5 Å². The third kappa shape index (κ3) is 5.04. The molecule has 0 unspecified atom stereocenters. The van der Waals surface area contributed by atoms with Gasteiger partial charge in [0.25, 0.3) is 0 Å². The average molecular weight is 448 g/mol. The van der Waals surface area contributed by atoms with Crippen LogP contribution in [0.15, 0.2) is 71.6 Å². The molecule has 3 aromatic carbocycles. The van der Waals surface area contributed by atoms with Crippen LogP contribution in [0.25, 0.3) is 0 Å². The highest BCUT2D eigenvalue weighted by atomic mass is 32.2. The summed E-state index contributed by atoms with van der Waals surface area (Å²) in [5, 5.41) is 23.3. The predicted molar refractivity (Wildman–Crippen MR) is 130 cm³/mol. The van der Waals surface area contributed by atoms with E-state index in [1.54, 1.807) is 12.1 Å². The zero-order chi connectivity index (χ0) is 21.9. The second kappa shape index (κ2) is 9.45. The Kier molecular flexibility index (Phi) is 6.26. The van der Waals surface area contributed by atoms with Crippen LogP contribution in [0.4, 0.5) is 5.69 Å². The molecule has 1 saturated heterocycles. The minimum Gasteiger partial charge on any atom is -0.508 e. The number of nitrogens with zero attached hydrogens (tertiary/aromatic N) is 2. The molecule has 0 saturated carbocycles. The number of piperidine rings is 1. The molecule has 1 fully saturated rings. The highest BCUT2D eigenvalue weighted by molar-refractivity contribution is 7.97. The minimum absolute atomic E-state index is 0.0816. The van der Waals surface area contributed by atoms with Crippen molar-refractivity contribution in [1.82, 2.24) is 9.21 Å². The number of likely N-dealkylation sites (tertiary alicyclic amines) is 1. The summed E-state index contributed by atoms with van der Waals surface area (Å²) in [6.45, 7) is 4.97. The molecular weight excluding hydrogens is 418 g/mol. The van der Waals surface area contributed by atoms with Crippen molar-refractivity contribution in [1.29, 1.82) is 0 Å². The number of anilines is 1. The van der Waals surface area contributed by atoms with Crippen LogP contribution in [0.3, 0.4) is 0 Å². The van der Waals surface area contributed by atoms with Crippen molar-refractivity contribution in [3.05, 3.63) is 83.4 Å². The van der Waals surface area contributed by atoms with Gasteiger partial charge < -0.3 is 15.5 Å². The quantitative estimate of drug-likeness (QED) is 0.452. The van der Waals surface area contributed by atoms with Crippen molar-refractivity contribution < 1.29 is 10.2 Å². The minimum atomic E-state index is 0.0816. The lowest BCUT2D eigenvalue weighted by atomic mass is 10.0. The van der Waals surface area contributed by atoms with Crippen LogP contribution in [0.1, 0.15) is 29.5 Å². The molecule has 0 aromatic heterocycles. The Bertz CT molecular complexity index is 1070. The molecule has 32 heavy (non-hydrogen) atoms. The number of phenolic OH excluding ortho intramolecular Hbond substituents is 2. The van der Waals surface area contributed by atoms with E-state index < -0.39 is 0 Å². The first kappa shape index (κ1) is 21.2. The predicted octanol–water partition coefficient (Wildman–Crippen LogP) is 5.20. The van der Waals surface area contributed by atoms with Gasteiger partial charge in [-0.3, -0.25) is 4.90 Å². The van der Waals surface area contributed by atoms with Gasteiger partial charge in [-0.25, -0.2) is 4.31 Å².